The van der Waals surface area contributed by atoms with Crippen molar-refractivity contribution in [3.63, 3.8) is 0 Å². The van der Waals surface area contributed by atoms with E-state index in [1.54, 1.807) is 0 Å². The molecule has 0 spiro atoms. The summed E-state index contributed by atoms with van der Waals surface area (Å²) in [4.78, 5) is 12.8. The predicted octanol–water partition coefficient (Wildman–Crippen LogP) is 4.10. The molecule has 166 valence electrons. The van der Waals surface area contributed by atoms with Gasteiger partial charge in [0, 0.05) is 24.2 Å². The van der Waals surface area contributed by atoms with Crippen LogP contribution in [0.2, 0.25) is 0 Å². The molecule has 3 rings (SSSR count). The summed E-state index contributed by atoms with van der Waals surface area (Å²) in [6.45, 7) is 3.57. The Morgan fingerprint density at radius 3 is 2.32 bits per heavy atom. The third-order valence-electron chi connectivity index (χ3n) is 4.98. The maximum atomic E-state index is 12.8. The number of anilines is 1. The number of alkyl halides is 3. The van der Waals surface area contributed by atoms with Crippen LogP contribution < -0.4 is 10.1 Å². The van der Waals surface area contributed by atoms with Crippen LogP contribution in [0.4, 0.5) is 18.9 Å². The highest BCUT2D eigenvalue weighted by atomic mass is 32.2. The maximum absolute atomic E-state index is 12.8. The molecule has 0 aromatic heterocycles. The van der Waals surface area contributed by atoms with E-state index in [2.05, 4.69) is 16.6 Å². The lowest BCUT2D eigenvalue weighted by atomic mass is 9.85. The lowest BCUT2D eigenvalue weighted by Gasteiger charge is -2.36. The second-order valence-electron chi connectivity index (χ2n) is 7.13. The Balaban J connectivity index is 1.76. The van der Waals surface area contributed by atoms with Crippen molar-refractivity contribution < 1.29 is 31.1 Å². The fourth-order valence-electron chi connectivity index (χ4n) is 3.51. The van der Waals surface area contributed by atoms with E-state index >= 15 is 0 Å². The summed E-state index contributed by atoms with van der Waals surface area (Å²) >= 11 is 0. The van der Waals surface area contributed by atoms with Gasteiger partial charge in [-0.2, -0.15) is 4.31 Å². The van der Waals surface area contributed by atoms with E-state index in [4.69, 9.17) is 0 Å². The molecule has 1 fully saturated rings. The number of sulfonamides is 1. The number of rotatable bonds is 6. The quantitative estimate of drug-likeness (QED) is 0.713. The summed E-state index contributed by atoms with van der Waals surface area (Å²) in [5.41, 5.74) is 1.19. The first kappa shape index (κ1) is 22.8. The number of carbonyl (C=O) groups excluding carboxylic acids is 1. The van der Waals surface area contributed by atoms with Gasteiger partial charge in [-0.25, -0.2) is 8.42 Å². The number of hydrogen-bond acceptors (Lipinski definition) is 4. The van der Waals surface area contributed by atoms with E-state index < -0.39 is 34.0 Å². The minimum absolute atomic E-state index is 0.0151. The molecule has 2 atom stereocenters. The Hall–Kier alpha value is -2.85. The second-order valence-corrected chi connectivity index (χ2v) is 9.01. The Morgan fingerprint density at radius 2 is 1.74 bits per heavy atom. The molecule has 1 amide bonds. The zero-order chi connectivity index (χ0) is 22.6. The number of halogens is 3. The molecule has 0 unspecified atom stereocenters. The van der Waals surface area contributed by atoms with E-state index in [0.717, 1.165) is 23.1 Å². The highest BCUT2D eigenvalue weighted by Gasteiger charge is 2.36. The Morgan fingerprint density at radius 1 is 1.10 bits per heavy atom. The van der Waals surface area contributed by atoms with Gasteiger partial charge in [0.15, 0.2) is 0 Å². The van der Waals surface area contributed by atoms with E-state index in [0.29, 0.717) is 6.42 Å². The Kier molecular flexibility index (Phi) is 6.71. The molecule has 0 radical (unpaired) electrons. The van der Waals surface area contributed by atoms with Gasteiger partial charge in [-0.15, -0.1) is 13.2 Å². The van der Waals surface area contributed by atoms with Crippen molar-refractivity contribution in [3.05, 3.63) is 72.1 Å². The smallest absolute Gasteiger partial charge is 0.406 e. The van der Waals surface area contributed by atoms with Crippen LogP contribution in [-0.2, 0) is 14.8 Å². The van der Waals surface area contributed by atoms with Crippen molar-refractivity contribution >= 4 is 21.6 Å². The Bertz CT molecular complexity index is 1020. The highest BCUT2D eigenvalue weighted by molar-refractivity contribution is 7.92. The predicted molar refractivity (Wildman–Crippen MR) is 110 cm³/mol. The average Bonchev–Trinajstić information content (AvgIpc) is 2.74. The zero-order valence-electron chi connectivity index (χ0n) is 16.4. The second kappa shape index (κ2) is 9.11. The van der Waals surface area contributed by atoms with Gasteiger partial charge in [0.05, 0.1) is 5.92 Å². The molecule has 0 aliphatic carbocycles. The minimum Gasteiger partial charge on any atom is -0.406 e. The summed E-state index contributed by atoms with van der Waals surface area (Å²) < 4.78 is 66.6. The number of ether oxygens (including phenoxy) is 1. The van der Waals surface area contributed by atoms with Crippen LogP contribution in [0.25, 0.3) is 0 Å². The lowest BCUT2D eigenvalue weighted by molar-refractivity contribution is -0.274. The molecule has 0 saturated carbocycles. The molecule has 0 bridgehead atoms. The van der Waals surface area contributed by atoms with Crippen molar-refractivity contribution in [2.24, 2.45) is 5.92 Å². The summed E-state index contributed by atoms with van der Waals surface area (Å²) in [5.74, 6) is -1.67. The highest BCUT2D eigenvalue weighted by Crippen LogP contribution is 2.33. The third kappa shape index (κ3) is 6.08. The molecular formula is C21H21F3N2O4S. The monoisotopic (exact) mass is 454 g/mol. The van der Waals surface area contributed by atoms with Crippen LogP contribution in [0.15, 0.2) is 66.6 Å². The largest absolute Gasteiger partial charge is 0.573 e. The molecule has 10 heteroatoms. The number of piperidine rings is 1. The van der Waals surface area contributed by atoms with Gasteiger partial charge in [0.2, 0.25) is 15.9 Å². The fourth-order valence-corrected chi connectivity index (χ4v) is 4.50. The molecule has 31 heavy (non-hydrogen) atoms. The van der Waals surface area contributed by atoms with Crippen molar-refractivity contribution in [2.75, 3.05) is 18.4 Å². The van der Waals surface area contributed by atoms with Crippen LogP contribution in [0, 0.1) is 5.92 Å². The summed E-state index contributed by atoms with van der Waals surface area (Å²) in [6.07, 6.45) is -4.38. The van der Waals surface area contributed by atoms with Gasteiger partial charge in [-0.05, 0) is 42.2 Å². The van der Waals surface area contributed by atoms with Gasteiger partial charge in [-0.3, -0.25) is 4.79 Å². The van der Waals surface area contributed by atoms with Gasteiger partial charge in [0.1, 0.15) is 5.75 Å². The van der Waals surface area contributed by atoms with E-state index in [1.807, 2.05) is 30.3 Å². The number of amides is 1. The summed E-state index contributed by atoms with van der Waals surface area (Å²) in [7, 11) is -3.73. The fraction of sp³-hybridized carbons (Fsp3) is 0.286. The van der Waals surface area contributed by atoms with Crippen LogP contribution in [0.1, 0.15) is 17.9 Å². The van der Waals surface area contributed by atoms with Gasteiger partial charge in [0.25, 0.3) is 0 Å². The van der Waals surface area contributed by atoms with Crippen molar-refractivity contribution in [2.45, 2.75) is 18.7 Å². The van der Waals surface area contributed by atoms with Gasteiger partial charge < -0.3 is 10.1 Å². The standard InChI is InChI=1S/C21H21F3N2O4S/c1-2-31(28,29)26-13-16(15-6-4-3-5-7-15)12-17(14-26)20(27)25-18-8-10-19(11-9-18)30-21(22,23)24/h2-11,16-17H,1,12-14H2,(H,25,27)/t16-,17+/m0/s1. The summed E-state index contributed by atoms with van der Waals surface area (Å²) in [6, 6.07) is 14.0. The van der Waals surface area contributed by atoms with Crippen molar-refractivity contribution in [1.82, 2.24) is 4.31 Å². The number of benzene rings is 2. The maximum Gasteiger partial charge on any atom is 0.573 e. The third-order valence-corrected chi connectivity index (χ3v) is 6.42. The lowest BCUT2D eigenvalue weighted by Crippen LogP contribution is -2.46. The average molecular weight is 454 g/mol. The molecule has 1 aliphatic rings. The van der Waals surface area contributed by atoms with E-state index in [9.17, 15) is 26.4 Å². The van der Waals surface area contributed by atoms with Crippen LogP contribution in [0.5, 0.6) is 5.75 Å². The SMILES string of the molecule is C=CS(=O)(=O)N1C[C@H](C(=O)Nc2ccc(OC(F)(F)F)cc2)C[C@H](c2ccccc2)C1. The minimum atomic E-state index is -4.81. The van der Waals surface area contributed by atoms with Gasteiger partial charge >= 0.3 is 6.36 Å². The number of nitrogens with one attached hydrogen (secondary N) is 1. The molecular weight excluding hydrogens is 433 g/mol. The first-order valence-electron chi connectivity index (χ1n) is 9.41. The molecule has 6 nitrogen and oxygen atoms in total. The van der Waals surface area contributed by atoms with Crippen LogP contribution in [-0.4, -0.2) is 38.1 Å². The van der Waals surface area contributed by atoms with Crippen LogP contribution >= 0.6 is 0 Å². The molecule has 1 aliphatic heterocycles. The normalized spacial score (nSPS) is 20.1. The van der Waals surface area contributed by atoms with E-state index in [1.165, 1.54) is 16.4 Å². The molecule has 1 saturated heterocycles. The number of carbonyl (C=O) groups is 1. The first-order chi connectivity index (χ1) is 14.6. The first-order valence-corrected chi connectivity index (χ1v) is 10.9. The zero-order valence-corrected chi connectivity index (χ0v) is 17.2. The summed E-state index contributed by atoms with van der Waals surface area (Å²) in [5, 5.41) is 3.50. The Labute approximate surface area is 178 Å². The number of nitrogens with zero attached hydrogens (tertiary/aromatic N) is 1. The topological polar surface area (TPSA) is 75.7 Å². The van der Waals surface area contributed by atoms with Crippen molar-refractivity contribution in [1.29, 1.82) is 0 Å². The molecule has 1 heterocycles. The van der Waals surface area contributed by atoms with Crippen LogP contribution in [0.3, 0.4) is 0 Å². The van der Waals surface area contributed by atoms with E-state index in [-0.39, 0.29) is 24.7 Å². The molecule has 1 N–H and O–H groups in total. The molecule has 2 aromatic carbocycles. The number of hydrogen-bond donors (Lipinski definition) is 1. The van der Waals surface area contributed by atoms with Crippen molar-refractivity contribution in [3.8, 4) is 5.75 Å². The molecule has 2 aromatic rings. The van der Waals surface area contributed by atoms with Gasteiger partial charge in [-0.1, -0.05) is 36.9 Å².